The third-order valence-electron chi connectivity index (χ3n) is 6.73. The molecule has 162 valence electrons. The van der Waals surface area contributed by atoms with E-state index >= 15 is 0 Å². The van der Waals surface area contributed by atoms with Gasteiger partial charge in [0.2, 0.25) is 0 Å². The van der Waals surface area contributed by atoms with Crippen LogP contribution in [-0.2, 0) is 11.2 Å². The molecular formula is C23H24ClN3O4. The van der Waals surface area contributed by atoms with E-state index < -0.39 is 5.54 Å². The van der Waals surface area contributed by atoms with Crippen LogP contribution in [0.25, 0.3) is 0 Å². The van der Waals surface area contributed by atoms with Gasteiger partial charge in [-0.3, -0.25) is 9.69 Å². The lowest BCUT2D eigenvalue weighted by molar-refractivity contribution is -0.124. The molecule has 3 aliphatic rings. The lowest BCUT2D eigenvalue weighted by atomic mass is 9.77. The molecule has 2 fully saturated rings. The third-order valence-corrected chi connectivity index (χ3v) is 6.98. The highest BCUT2D eigenvalue weighted by molar-refractivity contribution is 6.31. The van der Waals surface area contributed by atoms with Gasteiger partial charge in [-0.25, -0.2) is 9.69 Å². The first-order valence-electron chi connectivity index (χ1n) is 10.4. The van der Waals surface area contributed by atoms with Gasteiger partial charge < -0.3 is 14.8 Å². The monoisotopic (exact) mass is 441 g/mol. The van der Waals surface area contributed by atoms with Gasteiger partial charge in [0.05, 0.1) is 19.9 Å². The maximum absolute atomic E-state index is 13.5. The summed E-state index contributed by atoms with van der Waals surface area (Å²) in [7, 11) is 3.25. The maximum atomic E-state index is 13.5. The van der Waals surface area contributed by atoms with Crippen molar-refractivity contribution in [3.8, 4) is 11.5 Å². The molecule has 0 bridgehead atoms. The standard InChI is InChI=1S/C23H24ClN3O4/c1-30-19-11-14-7-9-26-10-8-23(13-18(26)17(14)12-20(19)31-2)21(28)27(22(29)25-23)16-5-3-15(24)4-6-16/h3-6,11-12,18H,7-10,13H2,1-2H3,(H,25,29)/t18-,23+/m0/s1. The predicted molar refractivity (Wildman–Crippen MR) is 117 cm³/mol. The summed E-state index contributed by atoms with van der Waals surface area (Å²) in [6, 6.07) is 10.4. The molecule has 2 aromatic rings. The fourth-order valence-electron chi connectivity index (χ4n) is 5.11. The van der Waals surface area contributed by atoms with Gasteiger partial charge in [0.25, 0.3) is 5.91 Å². The Balaban J connectivity index is 1.49. The number of hydrogen-bond acceptors (Lipinski definition) is 5. The molecule has 0 saturated carbocycles. The van der Waals surface area contributed by atoms with Crippen LogP contribution in [0.5, 0.6) is 11.5 Å². The summed E-state index contributed by atoms with van der Waals surface area (Å²) in [5, 5.41) is 3.58. The average molecular weight is 442 g/mol. The van der Waals surface area contributed by atoms with Gasteiger partial charge in [0.15, 0.2) is 11.5 Å². The number of nitrogens with one attached hydrogen (secondary N) is 1. The summed E-state index contributed by atoms with van der Waals surface area (Å²) in [4.78, 5) is 30.0. The second kappa shape index (κ2) is 7.43. The number of imide groups is 1. The number of anilines is 1. The van der Waals surface area contributed by atoms with E-state index in [1.165, 1.54) is 10.5 Å². The molecular weight excluding hydrogens is 418 g/mol. The number of hydrogen-bond donors (Lipinski definition) is 1. The lowest BCUT2D eigenvalue weighted by Crippen LogP contribution is -2.57. The van der Waals surface area contributed by atoms with E-state index in [1.54, 1.807) is 38.5 Å². The van der Waals surface area contributed by atoms with E-state index in [0.29, 0.717) is 35.1 Å². The van der Waals surface area contributed by atoms with Gasteiger partial charge in [-0.05, 0) is 66.8 Å². The van der Waals surface area contributed by atoms with Crippen molar-refractivity contribution in [1.29, 1.82) is 0 Å². The fraction of sp³-hybridized carbons (Fsp3) is 0.391. The van der Waals surface area contributed by atoms with Crippen molar-refractivity contribution < 1.29 is 19.1 Å². The van der Waals surface area contributed by atoms with Crippen LogP contribution in [0.3, 0.4) is 0 Å². The van der Waals surface area contributed by atoms with E-state index in [4.69, 9.17) is 21.1 Å². The Kier molecular flexibility index (Phi) is 4.83. The number of nitrogens with zero attached hydrogens (tertiary/aromatic N) is 2. The van der Waals surface area contributed by atoms with Gasteiger partial charge in [-0.1, -0.05) is 11.6 Å². The highest BCUT2D eigenvalue weighted by atomic mass is 35.5. The first-order chi connectivity index (χ1) is 15.0. The molecule has 0 radical (unpaired) electrons. The molecule has 31 heavy (non-hydrogen) atoms. The number of fused-ring (bicyclic) bond motifs is 3. The highest BCUT2D eigenvalue weighted by Gasteiger charge is 2.55. The molecule has 0 aromatic heterocycles. The number of piperidine rings is 1. The minimum atomic E-state index is -0.917. The summed E-state index contributed by atoms with van der Waals surface area (Å²) < 4.78 is 11.0. The third kappa shape index (κ3) is 3.15. The van der Waals surface area contributed by atoms with Crippen LogP contribution in [0.4, 0.5) is 10.5 Å². The zero-order valence-corrected chi connectivity index (χ0v) is 18.2. The minimum absolute atomic E-state index is 0.0201. The molecule has 1 spiro atoms. The number of amides is 3. The van der Waals surface area contributed by atoms with Gasteiger partial charge in [0.1, 0.15) is 5.54 Å². The van der Waals surface area contributed by atoms with Crippen molar-refractivity contribution in [2.75, 3.05) is 32.2 Å². The van der Waals surface area contributed by atoms with Gasteiger partial charge in [-0.15, -0.1) is 0 Å². The molecule has 5 rings (SSSR count). The van der Waals surface area contributed by atoms with Crippen LogP contribution in [-0.4, -0.2) is 49.7 Å². The Morgan fingerprint density at radius 1 is 1.06 bits per heavy atom. The number of halogens is 1. The first-order valence-corrected chi connectivity index (χ1v) is 10.7. The summed E-state index contributed by atoms with van der Waals surface area (Å²) in [6.07, 6.45) is 2.02. The van der Waals surface area contributed by atoms with Crippen LogP contribution in [0.15, 0.2) is 36.4 Å². The topological polar surface area (TPSA) is 71.1 Å². The molecule has 3 aliphatic heterocycles. The molecule has 8 heteroatoms. The summed E-state index contributed by atoms with van der Waals surface area (Å²) in [5.74, 6) is 1.18. The quantitative estimate of drug-likeness (QED) is 0.737. The minimum Gasteiger partial charge on any atom is -0.493 e. The normalized spacial score (nSPS) is 25.3. The molecule has 0 unspecified atom stereocenters. The molecule has 2 aromatic carbocycles. The molecule has 0 aliphatic carbocycles. The Morgan fingerprint density at radius 2 is 1.77 bits per heavy atom. The summed E-state index contributed by atoms with van der Waals surface area (Å²) >= 11 is 5.98. The smallest absolute Gasteiger partial charge is 0.329 e. The van der Waals surface area contributed by atoms with E-state index in [1.807, 2.05) is 12.1 Å². The molecule has 2 atom stereocenters. The number of ether oxygens (including phenoxy) is 2. The van der Waals surface area contributed by atoms with Gasteiger partial charge in [-0.2, -0.15) is 0 Å². The van der Waals surface area contributed by atoms with E-state index in [0.717, 1.165) is 25.1 Å². The molecule has 3 amide bonds. The number of rotatable bonds is 3. The zero-order valence-electron chi connectivity index (χ0n) is 17.5. The van der Waals surface area contributed by atoms with Crippen molar-refractivity contribution in [1.82, 2.24) is 10.2 Å². The van der Waals surface area contributed by atoms with Gasteiger partial charge >= 0.3 is 6.03 Å². The number of carbonyl (C=O) groups excluding carboxylic acids is 2. The Bertz CT molecular complexity index is 1060. The number of carbonyl (C=O) groups is 2. The molecule has 1 N–H and O–H groups in total. The van der Waals surface area contributed by atoms with Crippen molar-refractivity contribution in [3.63, 3.8) is 0 Å². The van der Waals surface area contributed by atoms with Crippen LogP contribution in [0.1, 0.15) is 30.0 Å². The van der Waals surface area contributed by atoms with E-state index in [2.05, 4.69) is 10.2 Å². The number of benzene rings is 2. The second-order valence-corrected chi connectivity index (χ2v) is 8.73. The SMILES string of the molecule is COc1cc2c(cc1OC)[C@@H]1C[C@@]3(CCN1CC2)NC(=O)N(c1ccc(Cl)cc1)C3=O. The number of methoxy groups -OCH3 is 2. The molecule has 7 nitrogen and oxygen atoms in total. The zero-order chi connectivity index (χ0) is 21.8. The largest absolute Gasteiger partial charge is 0.493 e. The molecule has 2 saturated heterocycles. The maximum Gasteiger partial charge on any atom is 0.329 e. The Hall–Kier alpha value is -2.77. The van der Waals surface area contributed by atoms with Crippen molar-refractivity contribution in [3.05, 3.63) is 52.5 Å². The van der Waals surface area contributed by atoms with Crippen LogP contribution in [0, 0.1) is 0 Å². The summed E-state index contributed by atoms with van der Waals surface area (Å²) in [6.45, 7) is 1.64. The van der Waals surface area contributed by atoms with Crippen LogP contribution in [0.2, 0.25) is 5.02 Å². The van der Waals surface area contributed by atoms with Crippen molar-refractivity contribution >= 4 is 29.2 Å². The van der Waals surface area contributed by atoms with E-state index in [9.17, 15) is 9.59 Å². The van der Waals surface area contributed by atoms with E-state index in [-0.39, 0.29) is 18.0 Å². The predicted octanol–water partition coefficient (Wildman–Crippen LogP) is 3.55. The van der Waals surface area contributed by atoms with Crippen LogP contribution < -0.4 is 19.7 Å². The van der Waals surface area contributed by atoms with Crippen molar-refractivity contribution in [2.45, 2.75) is 30.8 Å². The molecule has 3 heterocycles. The number of urea groups is 1. The summed E-state index contributed by atoms with van der Waals surface area (Å²) in [5.41, 5.74) is 1.94. The highest BCUT2D eigenvalue weighted by Crippen LogP contribution is 2.46. The van der Waals surface area contributed by atoms with Crippen molar-refractivity contribution in [2.24, 2.45) is 0 Å². The van der Waals surface area contributed by atoms with Gasteiger partial charge in [0, 0.05) is 24.2 Å². The fourth-order valence-corrected chi connectivity index (χ4v) is 5.23. The lowest BCUT2D eigenvalue weighted by Gasteiger charge is -2.46. The first kappa shape index (κ1) is 20.2. The van der Waals surface area contributed by atoms with Crippen LogP contribution >= 0.6 is 11.6 Å². The Morgan fingerprint density at radius 3 is 2.48 bits per heavy atom. The Labute approximate surface area is 185 Å². The average Bonchev–Trinajstić information content (AvgIpc) is 3.02. The second-order valence-electron chi connectivity index (χ2n) is 8.29.